The van der Waals surface area contributed by atoms with E-state index in [1.807, 2.05) is 41.3 Å². The fourth-order valence-corrected chi connectivity index (χ4v) is 4.64. The number of nitrogens with zero attached hydrogens (tertiary/aromatic N) is 4. The van der Waals surface area contributed by atoms with Gasteiger partial charge in [0.1, 0.15) is 11.7 Å². The number of rotatable bonds is 5. The van der Waals surface area contributed by atoms with Crippen LogP contribution >= 0.6 is 0 Å². The first-order valence-electron chi connectivity index (χ1n) is 11.2. The third-order valence-corrected chi connectivity index (χ3v) is 6.67. The van der Waals surface area contributed by atoms with Gasteiger partial charge in [-0.25, -0.2) is 9.97 Å². The Morgan fingerprint density at radius 1 is 1.09 bits per heavy atom. The standard InChI is InChI=1S/C24H27N5O4/c1-16(30)28-12-9-24(32-2,10-13-28)18-6-5-11-25-22(18)33-17-14-29(15-17)23(31)21-26-19-7-3-4-8-20(19)27-21/h3-8,11,17H,9-10,12-15H2,1-2H3,(H,26,27). The van der Waals surface area contributed by atoms with Gasteiger partial charge in [0.25, 0.3) is 5.91 Å². The average Bonchev–Trinajstić information content (AvgIpc) is 3.25. The molecular formula is C24H27N5O4. The van der Waals surface area contributed by atoms with Crippen LogP contribution in [0.2, 0.25) is 0 Å². The Morgan fingerprint density at radius 3 is 2.55 bits per heavy atom. The second-order valence-corrected chi connectivity index (χ2v) is 8.61. The van der Waals surface area contributed by atoms with Crippen LogP contribution in [0.5, 0.6) is 5.88 Å². The summed E-state index contributed by atoms with van der Waals surface area (Å²) in [6.45, 7) is 3.77. The molecule has 0 atom stereocenters. The highest BCUT2D eigenvalue weighted by molar-refractivity contribution is 5.94. The first kappa shape index (κ1) is 21.4. The van der Waals surface area contributed by atoms with E-state index in [-0.39, 0.29) is 17.9 Å². The molecule has 33 heavy (non-hydrogen) atoms. The van der Waals surface area contributed by atoms with Crippen molar-refractivity contribution in [1.82, 2.24) is 24.8 Å². The molecule has 172 valence electrons. The largest absolute Gasteiger partial charge is 0.470 e. The van der Waals surface area contributed by atoms with Crippen LogP contribution in [0.15, 0.2) is 42.6 Å². The minimum Gasteiger partial charge on any atom is -0.470 e. The van der Waals surface area contributed by atoms with E-state index in [1.165, 1.54) is 0 Å². The van der Waals surface area contributed by atoms with E-state index in [0.29, 0.717) is 50.7 Å². The highest BCUT2D eigenvalue weighted by Gasteiger charge is 2.41. The van der Waals surface area contributed by atoms with Crippen molar-refractivity contribution in [3.63, 3.8) is 0 Å². The first-order valence-corrected chi connectivity index (χ1v) is 11.2. The number of imidazole rings is 1. The summed E-state index contributed by atoms with van der Waals surface area (Å²) < 4.78 is 12.2. The van der Waals surface area contributed by atoms with Gasteiger partial charge in [0.2, 0.25) is 11.8 Å². The number of carbonyl (C=O) groups is 2. The van der Waals surface area contributed by atoms with Gasteiger partial charge in [-0.2, -0.15) is 0 Å². The molecule has 1 aromatic carbocycles. The molecule has 2 aromatic heterocycles. The zero-order chi connectivity index (χ0) is 23.0. The number of carbonyl (C=O) groups excluding carboxylic acids is 2. The molecule has 2 amide bonds. The number of hydrogen-bond donors (Lipinski definition) is 1. The molecule has 9 heteroatoms. The molecule has 1 N–H and O–H groups in total. The van der Waals surface area contributed by atoms with Crippen molar-refractivity contribution in [2.45, 2.75) is 31.5 Å². The number of aromatic amines is 1. The zero-order valence-corrected chi connectivity index (χ0v) is 18.8. The van der Waals surface area contributed by atoms with Gasteiger partial charge in [-0.1, -0.05) is 12.1 Å². The maximum absolute atomic E-state index is 12.8. The number of piperidine rings is 1. The second-order valence-electron chi connectivity index (χ2n) is 8.61. The molecule has 5 rings (SSSR count). The molecule has 0 bridgehead atoms. The molecular weight excluding hydrogens is 422 g/mol. The summed E-state index contributed by atoms with van der Waals surface area (Å²) in [5, 5.41) is 0. The van der Waals surface area contributed by atoms with Crippen molar-refractivity contribution in [2.75, 3.05) is 33.3 Å². The predicted molar refractivity (Wildman–Crippen MR) is 121 cm³/mol. The summed E-state index contributed by atoms with van der Waals surface area (Å²) in [4.78, 5) is 40.0. The number of aromatic nitrogens is 3. The van der Waals surface area contributed by atoms with Crippen LogP contribution in [0, 0.1) is 0 Å². The summed E-state index contributed by atoms with van der Waals surface area (Å²) in [5.41, 5.74) is 1.95. The Hall–Kier alpha value is -3.46. The van der Waals surface area contributed by atoms with Gasteiger partial charge in [-0.05, 0) is 37.1 Å². The molecule has 2 saturated heterocycles. The third kappa shape index (κ3) is 3.93. The third-order valence-electron chi connectivity index (χ3n) is 6.67. The molecule has 4 heterocycles. The van der Waals surface area contributed by atoms with Crippen molar-refractivity contribution >= 4 is 22.8 Å². The SMILES string of the molecule is COC1(c2cccnc2OC2CN(C(=O)c3nc4ccccc4[nH]3)C2)CCN(C(C)=O)CC1. The molecule has 2 aliphatic rings. The highest BCUT2D eigenvalue weighted by Crippen LogP contribution is 2.40. The molecule has 0 saturated carbocycles. The number of amides is 2. The van der Waals surface area contributed by atoms with E-state index in [1.54, 1.807) is 25.1 Å². The normalized spacial score (nSPS) is 18.2. The van der Waals surface area contributed by atoms with Gasteiger partial charge in [0.05, 0.1) is 24.1 Å². The van der Waals surface area contributed by atoms with Crippen LogP contribution in [0.4, 0.5) is 0 Å². The van der Waals surface area contributed by atoms with E-state index in [0.717, 1.165) is 16.6 Å². The Bertz CT molecular complexity index is 1150. The van der Waals surface area contributed by atoms with Crippen LogP contribution in [-0.2, 0) is 15.1 Å². The molecule has 0 unspecified atom stereocenters. The number of H-pyrrole nitrogens is 1. The lowest BCUT2D eigenvalue weighted by Gasteiger charge is -2.42. The first-order chi connectivity index (χ1) is 16.0. The lowest BCUT2D eigenvalue weighted by Crippen LogP contribution is -2.56. The lowest BCUT2D eigenvalue weighted by atomic mass is 9.84. The minimum absolute atomic E-state index is 0.0750. The average molecular weight is 450 g/mol. The van der Waals surface area contributed by atoms with E-state index in [9.17, 15) is 9.59 Å². The summed E-state index contributed by atoms with van der Waals surface area (Å²) >= 11 is 0. The topological polar surface area (TPSA) is 101 Å². The summed E-state index contributed by atoms with van der Waals surface area (Å²) in [7, 11) is 1.69. The molecule has 0 aliphatic carbocycles. The van der Waals surface area contributed by atoms with Crippen LogP contribution < -0.4 is 4.74 Å². The Morgan fingerprint density at radius 2 is 1.85 bits per heavy atom. The van der Waals surface area contributed by atoms with Crippen LogP contribution in [-0.4, -0.2) is 76.0 Å². The number of benzene rings is 1. The highest BCUT2D eigenvalue weighted by atomic mass is 16.5. The molecule has 9 nitrogen and oxygen atoms in total. The Labute approximate surface area is 191 Å². The summed E-state index contributed by atoms with van der Waals surface area (Å²) in [5.74, 6) is 0.795. The zero-order valence-electron chi connectivity index (χ0n) is 18.8. The lowest BCUT2D eigenvalue weighted by molar-refractivity contribution is -0.135. The maximum Gasteiger partial charge on any atom is 0.289 e. The summed E-state index contributed by atoms with van der Waals surface area (Å²) in [6.07, 6.45) is 2.89. The maximum atomic E-state index is 12.8. The number of nitrogens with one attached hydrogen (secondary N) is 1. The minimum atomic E-state index is -0.553. The van der Waals surface area contributed by atoms with Crippen LogP contribution in [0.3, 0.4) is 0 Å². The summed E-state index contributed by atoms with van der Waals surface area (Å²) in [6, 6.07) is 11.4. The van der Waals surface area contributed by atoms with E-state index >= 15 is 0 Å². The van der Waals surface area contributed by atoms with Gasteiger partial charge in [0.15, 0.2) is 5.82 Å². The number of likely N-dealkylation sites (tertiary alicyclic amines) is 2. The molecule has 3 aromatic rings. The number of ether oxygens (including phenoxy) is 2. The number of methoxy groups -OCH3 is 1. The molecule has 0 radical (unpaired) electrons. The van der Waals surface area contributed by atoms with E-state index in [2.05, 4.69) is 15.0 Å². The quantitative estimate of drug-likeness (QED) is 0.642. The Balaban J connectivity index is 1.26. The molecule has 2 fully saturated rings. The van der Waals surface area contributed by atoms with Gasteiger partial charge in [0, 0.05) is 38.9 Å². The van der Waals surface area contributed by atoms with Gasteiger partial charge in [-0.3, -0.25) is 9.59 Å². The fraction of sp³-hybridized carbons (Fsp3) is 0.417. The van der Waals surface area contributed by atoms with Crippen molar-refractivity contribution < 1.29 is 19.1 Å². The van der Waals surface area contributed by atoms with Crippen molar-refractivity contribution in [3.8, 4) is 5.88 Å². The number of fused-ring (bicyclic) bond motifs is 1. The molecule has 2 aliphatic heterocycles. The fourth-order valence-electron chi connectivity index (χ4n) is 4.64. The number of hydrogen-bond acceptors (Lipinski definition) is 6. The predicted octanol–water partition coefficient (Wildman–Crippen LogP) is 2.35. The Kier molecular flexibility index (Phi) is 5.49. The van der Waals surface area contributed by atoms with E-state index < -0.39 is 5.60 Å². The van der Waals surface area contributed by atoms with Crippen LogP contribution in [0.25, 0.3) is 11.0 Å². The number of para-hydroxylation sites is 2. The molecule has 0 spiro atoms. The van der Waals surface area contributed by atoms with Crippen molar-refractivity contribution in [1.29, 1.82) is 0 Å². The van der Waals surface area contributed by atoms with Gasteiger partial charge in [-0.15, -0.1) is 0 Å². The monoisotopic (exact) mass is 449 g/mol. The van der Waals surface area contributed by atoms with E-state index in [4.69, 9.17) is 9.47 Å². The van der Waals surface area contributed by atoms with Crippen LogP contribution in [0.1, 0.15) is 35.9 Å². The second kappa shape index (κ2) is 8.47. The van der Waals surface area contributed by atoms with Crippen molar-refractivity contribution in [3.05, 3.63) is 54.0 Å². The van der Waals surface area contributed by atoms with Crippen molar-refractivity contribution in [2.24, 2.45) is 0 Å². The van der Waals surface area contributed by atoms with Gasteiger partial charge >= 0.3 is 0 Å². The van der Waals surface area contributed by atoms with Gasteiger partial charge < -0.3 is 24.3 Å². The smallest absolute Gasteiger partial charge is 0.289 e. The number of pyridine rings is 1.